The van der Waals surface area contributed by atoms with Crippen molar-refractivity contribution in [2.24, 2.45) is 0 Å². The lowest BCUT2D eigenvalue weighted by Gasteiger charge is -2.01. The Kier molecular flexibility index (Phi) is 3.12. The summed E-state index contributed by atoms with van der Waals surface area (Å²) >= 11 is 0. The zero-order valence-electron chi connectivity index (χ0n) is 10.6. The number of nitrogens with zero attached hydrogens (tertiary/aromatic N) is 4. The second kappa shape index (κ2) is 5.08. The van der Waals surface area contributed by atoms with E-state index in [0.29, 0.717) is 23.6 Å². The average Bonchev–Trinajstić information content (AvgIpc) is 2.87. The van der Waals surface area contributed by atoms with Crippen LogP contribution >= 0.6 is 0 Å². The first-order chi connectivity index (χ1) is 9.70. The third-order valence-corrected chi connectivity index (χ3v) is 2.79. The van der Waals surface area contributed by atoms with Crippen LogP contribution in [0.25, 0.3) is 11.4 Å². The molecule has 1 aromatic heterocycles. The molecule has 20 heavy (non-hydrogen) atoms. The molecule has 0 aliphatic heterocycles. The minimum absolute atomic E-state index is 0.321. The highest BCUT2D eigenvalue weighted by atomic mass is 19.1. The highest BCUT2D eigenvalue weighted by molar-refractivity contribution is 5.53. The van der Waals surface area contributed by atoms with Crippen molar-refractivity contribution in [2.45, 2.75) is 6.54 Å². The van der Waals surface area contributed by atoms with Crippen molar-refractivity contribution in [3.63, 3.8) is 0 Å². The van der Waals surface area contributed by atoms with E-state index in [2.05, 4.69) is 15.4 Å². The summed E-state index contributed by atoms with van der Waals surface area (Å²) in [6.07, 6.45) is 0. The fraction of sp³-hybridized carbons (Fsp3) is 0.0714. The number of anilines is 1. The van der Waals surface area contributed by atoms with Crippen molar-refractivity contribution in [2.75, 3.05) is 5.73 Å². The maximum atomic E-state index is 13.3. The Morgan fingerprint density at radius 3 is 2.65 bits per heavy atom. The second-order valence-corrected chi connectivity index (χ2v) is 4.40. The van der Waals surface area contributed by atoms with Crippen molar-refractivity contribution < 1.29 is 4.39 Å². The Hall–Kier alpha value is -2.76. The summed E-state index contributed by atoms with van der Waals surface area (Å²) in [5, 5.41) is 12.2. The van der Waals surface area contributed by atoms with Crippen LogP contribution in [0, 0.1) is 5.82 Å². The Bertz CT molecular complexity index is 703. The number of rotatable bonds is 3. The monoisotopic (exact) mass is 269 g/mol. The van der Waals surface area contributed by atoms with Crippen molar-refractivity contribution in [3.05, 3.63) is 59.9 Å². The molecule has 0 radical (unpaired) electrons. The minimum atomic E-state index is -0.372. The van der Waals surface area contributed by atoms with Gasteiger partial charge in [-0.05, 0) is 29.0 Å². The average molecular weight is 269 g/mol. The first kappa shape index (κ1) is 12.3. The van der Waals surface area contributed by atoms with Gasteiger partial charge in [0.25, 0.3) is 0 Å². The number of benzene rings is 2. The van der Waals surface area contributed by atoms with Crippen LogP contribution in [0.3, 0.4) is 0 Å². The first-order valence-electron chi connectivity index (χ1n) is 6.09. The smallest absolute Gasteiger partial charge is 0.204 e. The topological polar surface area (TPSA) is 69.6 Å². The molecule has 0 amide bonds. The van der Waals surface area contributed by atoms with Crippen molar-refractivity contribution in [1.29, 1.82) is 0 Å². The second-order valence-electron chi connectivity index (χ2n) is 4.40. The van der Waals surface area contributed by atoms with E-state index >= 15 is 0 Å². The van der Waals surface area contributed by atoms with Crippen LogP contribution in [0.5, 0.6) is 0 Å². The molecule has 0 spiro atoms. The standard InChI is InChI=1S/C14H12FN5/c15-12-6-10(7-13(16)8-12)9-20-18-14(17-19-20)11-4-2-1-3-5-11/h1-8H,9,16H2. The maximum absolute atomic E-state index is 13.3. The number of hydrogen-bond acceptors (Lipinski definition) is 4. The van der Waals surface area contributed by atoms with Gasteiger partial charge in [0.2, 0.25) is 5.82 Å². The molecule has 0 saturated carbocycles. The normalized spacial score (nSPS) is 10.7. The van der Waals surface area contributed by atoms with E-state index in [1.165, 1.54) is 16.9 Å². The molecular formula is C14H12FN5. The van der Waals surface area contributed by atoms with Crippen LogP contribution in [-0.2, 0) is 6.54 Å². The maximum Gasteiger partial charge on any atom is 0.204 e. The van der Waals surface area contributed by atoms with Gasteiger partial charge >= 0.3 is 0 Å². The highest BCUT2D eigenvalue weighted by Gasteiger charge is 2.06. The van der Waals surface area contributed by atoms with Crippen molar-refractivity contribution in [1.82, 2.24) is 20.2 Å². The predicted octanol–water partition coefficient (Wildman–Crippen LogP) is 2.11. The van der Waals surface area contributed by atoms with Gasteiger partial charge in [0, 0.05) is 11.3 Å². The van der Waals surface area contributed by atoms with Gasteiger partial charge in [-0.1, -0.05) is 30.3 Å². The SMILES string of the molecule is Nc1cc(F)cc(Cn2nnc(-c3ccccc3)n2)c1. The molecule has 2 N–H and O–H groups in total. The Labute approximate surface area is 114 Å². The largest absolute Gasteiger partial charge is 0.399 e. The van der Waals surface area contributed by atoms with Crippen LogP contribution in [0.4, 0.5) is 10.1 Å². The molecule has 5 nitrogen and oxygen atoms in total. The van der Waals surface area contributed by atoms with E-state index in [9.17, 15) is 4.39 Å². The van der Waals surface area contributed by atoms with Gasteiger partial charge in [-0.15, -0.1) is 10.2 Å². The first-order valence-corrected chi connectivity index (χ1v) is 6.09. The summed E-state index contributed by atoms with van der Waals surface area (Å²) in [5.74, 6) is 0.165. The third kappa shape index (κ3) is 2.64. The highest BCUT2D eigenvalue weighted by Crippen LogP contribution is 2.14. The van der Waals surface area contributed by atoms with E-state index in [1.807, 2.05) is 30.3 Å². The van der Waals surface area contributed by atoms with Gasteiger partial charge in [0.1, 0.15) is 5.82 Å². The molecule has 100 valence electrons. The summed E-state index contributed by atoms with van der Waals surface area (Å²) in [4.78, 5) is 1.41. The van der Waals surface area contributed by atoms with Crippen LogP contribution in [0.1, 0.15) is 5.56 Å². The molecule has 0 aliphatic rings. The predicted molar refractivity (Wildman–Crippen MR) is 73.2 cm³/mol. The van der Waals surface area contributed by atoms with Crippen molar-refractivity contribution >= 4 is 5.69 Å². The number of nitrogens with two attached hydrogens (primary N) is 1. The third-order valence-electron chi connectivity index (χ3n) is 2.79. The Balaban J connectivity index is 1.84. The van der Waals surface area contributed by atoms with Crippen molar-refractivity contribution in [3.8, 4) is 11.4 Å². The van der Waals surface area contributed by atoms with Gasteiger partial charge in [0.05, 0.1) is 6.54 Å². The number of hydrogen-bond donors (Lipinski definition) is 1. The van der Waals surface area contributed by atoms with Gasteiger partial charge in [-0.25, -0.2) is 4.39 Å². The molecule has 0 unspecified atom stereocenters. The quantitative estimate of drug-likeness (QED) is 0.739. The van der Waals surface area contributed by atoms with Crippen LogP contribution in [-0.4, -0.2) is 20.2 Å². The molecule has 0 fully saturated rings. The van der Waals surface area contributed by atoms with E-state index in [4.69, 9.17) is 5.73 Å². The number of aromatic nitrogens is 4. The molecule has 0 atom stereocenters. The zero-order chi connectivity index (χ0) is 13.9. The molecule has 0 bridgehead atoms. The lowest BCUT2D eigenvalue weighted by Crippen LogP contribution is -2.05. The summed E-state index contributed by atoms with van der Waals surface area (Å²) in [7, 11) is 0. The molecule has 6 heteroatoms. The van der Waals surface area contributed by atoms with Gasteiger partial charge in [0.15, 0.2) is 0 Å². The molecule has 0 aliphatic carbocycles. The molecule has 1 heterocycles. The van der Waals surface area contributed by atoms with E-state index in [0.717, 1.165) is 5.56 Å². The van der Waals surface area contributed by atoms with Crippen LogP contribution in [0.15, 0.2) is 48.5 Å². The molecule has 3 rings (SSSR count). The number of nitrogen functional groups attached to an aromatic ring is 1. The van der Waals surface area contributed by atoms with Crippen LogP contribution in [0.2, 0.25) is 0 Å². The summed E-state index contributed by atoms with van der Waals surface area (Å²) in [5.41, 5.74) is 7.56. The molecule has 2 aromatic carbocycles. The summed E-state index contributed by atoms with van der Waals surface area (Å²) in [6, 6.07) is 13.9. The zero-order valence-corrected chi connectivity index (χ0v) is 10.6. The van der Waals surface area contributed by atoms with E-state index in [-0.39, 0.29) is 5.82 Å². The number of halogens is 1. The van der Waals surface area contributed by atoms with Crippen LogP contribution < -0.4 is 5.73 Å². The van der Waals surface area contributed by atoms with Gasteiger partial charge in [-0.3, -0.25) is 0 Å². The van der Waals surface area contributed by atoms with Gasteiger partial charge in [-0.2, -0.15) is 4.80 Å². The molecule has 0 saturated heterocycles. The Morgan fingerprint density at radius 2 is 1.90 bits per heavy atom. The minimum Gasteiger partial charge on any atom is -0.399 e. The van der Waals surface area contributed by atoms with Gasteiger partial charge < -0.3 is 5.73 Å². The fourth-order valence-electron chi connectivity index (χ4n) is 1.94. The Morgan fingerprint density at radius 1 is 1.10 bits per heavy atom. The fourth-order valence-corrected chi connectivity index (χ4v) is 1.94. The molecular weight excluding hydrogens is 257 g/mol. The number of tetrazole rings is 1. The van der Waals surface area contributed by atoms with E-state index in [1.54, 1.807) is 6.07 Å². The molecule has 3 aromatic rings. The lowest BCUT2D eigenvalue weighted by molar-refractivity contribution is 0.567. The lowest BCUT2D eigenvalue weighted by atomic mass is 10.2. The summed E-state index contributed by atoms with van der Waals surface area (Å²) in [6.45, 7) is 0.321. The summed E-state index contributed by atoms with van der Waals surface area (Å²) < 4.78 is 13.3. The van der Waals surface area contributed by atoms with E-state index < -0.39 is 0 Å².